The molecule has 1 atom stereocenters. The van der Waals surface area contributed by atoms with Crippen molar-refractivity contribution in [2.45, 2.75) is 23.8 Å². The Hall–Kier alpha value is -2.74. The van der Waals surface area contributed by atoms with Gasteiger partial charge in [0.2, 0.25) is 10.0 Å². The second kappa shape index (κ2) is 9.18. The molecule has 1 aliphatic rings. The van der Waals surface area contributed by atoms with Crippen molar-refractivity contribution in [3.05, 3.63) is 94.8 Å². The van der Waals surface area contributed by atoms with Crippen LogP contribution < -0.4 is 5.32 Å². The minimum atomic E-state index is -3.75. The highest BCUT2D eigenvalue weighted by Crippen LogP contribution is 2.29. The molecule has 8 heteroatoms. The number of amides is 1. The molecular formula is C23H22ClN3O3S. The maximum Gasteiger partial charge on any atom is 0.252 e. The van der Waals surface area contributed by atoms with Gasteiger partial charge in [-0.15, -0.1) is 0 Å². The third kappa shape index (κ3) is 4.63. The number of sulfonamides is 1. The maximum absolute atomic E-state index is 13.1. The number of nitrogens with zero attached hydrogens (tertiary/aromatic N) is 2. The van der Waals surface area contributed by atoms with E-state index in [-0.39, 0.29) is 15.5 Å². The van der Waals surface area contributed by atoms with E-state index in [1.807, 2.05) is 48.5 Å². The molecule has 0 bridgehead atoms. The van der Waals surface area contributed by atoms with Crippen LogP contribution in [0.1, 0.15) is 40.5 Å². The summed E-state index contributed by atoms with van der Waals surface area (Å²) in [7, 11) is -3.75. The van der Waals surface area contributed by atoms with Crippen LogP contribution in [0.4, 0.5) is 0 Å². The van der Waals surface area contributed by atoms with Gasteiger partial charge in [0.15, 0.2) is 0 Å². The van der Waals surface area contributed by atoms with Crippen LogP contribution in [0.25, 0.3) is 0 Å². The number of carbonyl (C=O) groups excluding carboxylic acids is 1. The Morgan fingerprint density at radius 2 is 1.71 bits per heavy atom. The molecule has 1 N–H and O–H groups in total. The molecule has 1 aromatic heterocycles. The van der Waals surface area contributed by atoms with E-state index in [0.717, 1.165) is 18.4 Å². The van der Waals surface area contributed by atoms with Crippen molar-refractivity contribution in [1.82, 2.24) is 14.6 Å². The number of hydrogen-bond acceptors (Lipinski definition) is 4. The summed E-state index contributed by atoms with van der Waals surface area (Å²) in [6.07, 6.45) is 3.31. The SMILES string of the molecule is O=C(NC(c1ccccc1)c1ccccn1)c1ccc(Cl)c(S(=O)(=O)N2CCCC2)c1. The summed E-state index contributed by atoms with van der Waals surface area (Å²) in [5.74, 6) is -0.408. The number of aromatic nitrogens is 1. The Labute approximate surface area is 186 Å². The van der Waals surface area contributed by atoms with Crippen molar-refractivity contribution in [3.63, 3.8) is 0 Å². The van der Waals surface area contributed by atoms with E-state index in [1.54, 1.807) is 6.20 Å². The van der Waals surface area contributed by atoms with Crippen LogP contribution in [0.5, 0.6) is 0 Å². The Morgan fingerprint density at radius 3 is 2.39 bits per heavy atom. The van der Waals surface area contributed by atoms with Crippen molar-refractivity contribution in [2.24, 2.45) is 0 Å². The summed E-state index contributed by atoms with van der Waals surface area (Å²) in [5, 5.41) is 3.09. The molecule has 4 rings (SSSR count). The van der Waals surface area contributed by atoms with Gasteiger partial charge in [0, 0.05) is 24.8 Å². The number of rotatable bonds is 6. The van der Waals surface area contributed by atoms with E-state index in [1.165, 1.54) is 22.5 Å². The third-order valence-electron chi connectivity index (χ3n) is 5.27. The van der Waals surface area contributed by atoms with Crippen molar-refractivity contribution >= 4 is 27.5 Å². The molecule has 3 aromatic rings. The molecule has 1 unspecified atom stereocenters. The lowest BCUT2D eigenvalue weighted by molar-refractivity contribution is 0.0942. The highest BCUT2D eigenvalue weighted by molar-refractivity contribution is 7.89. The van der Waals surface area contributed by atoms with E-state index >= 15 is 0 Å². The van der Waals surface area contributed by atoms with Gasteiger partial charge in [-0.1, -0.05) is 48.0 Å². The number of nitrogens with one attached hydrogen (secondary N) is 1. The van der Waals surface area contributed by atoms with E-state index in [9.17, 15) is 13.2 Å². The summed E-state index contributed by atoms with van der Waals surface area (Å²) in [6, 6.07) is 18.8. The van der Waals surface area contributed by atoms with Crippen molar-refractivity contribution in [2.75, 3.05) is 13.1 Å². The van der Waals surface area contributed by atoms with Crippen molar-refractivity contribution in [3.8, 4) is 0 Å². The minimum Gasteiger partial charge on any atom is -0.340 e. The fourth-order valence-corrected chi connectivity index (χ4v) is 5.66. The highest BCUT2D eigenvalue weighted by Gasteiger charge is 2.30. The Balaban J connectivity index is 1.66. The Bertz CT molecular complexity index is 1130. The molecule has 160 valence electrons. The van der Waals surface area contributed by atoms with Gasteiger partial charge in [-0.05, 0) is 48.7 Å². The lowest BCUT2D eigenvalue weighted by Gasteiger charge is -2.20. The molecule has 2 aromatic carbocycles. The zero-order chi connectivity index (χ0) is 21.8. The first-order chi connectivity index (χ1) is 15.0. The first-order valence-electron chi connectivity index (χ1n) is 10.0. The topological polar surface area (TPSA) is 79.4 Å². The van der Waals surface area contributed by atoms with Crippen LogP contribution in [0.15, 0.2) is 77.8 Å². The highest BCUT2D eigenvalue weighted by atomic mass is 35.5. The Morgan fingerprint density at radius 1 is 1.00 bits per heavy atom. The molecule has 1 fully saturated rings. The lowest BCUT2D eigenvalue weighted by Crippen LogP contribution is -2.31. The van der Waals surface area contributed by atoms with Crippen LogP contribution in [-0.2, 0) is 10.0 Å². The second-order valence-corrected chi connectivity index (χ2v) is 9.64. The van der Waals surface area contributed by atoms with Crippen molar-refractivity contribution in [1.29, 1.82) is 0 Å². The molecule has 31 heavy (non-hydrogen) atoms. The number of hydrogen-bond donors (Lipinski definition) is 1. The fourth-order valence-electron chi connectivity index (χ4n) is 3.64. The summed E-state index contributed by atoms with van der Waals surface area (Å²) < 4.78 is 27.4. The molecule has 1 amide bonds. The van der Waals surface area contributed by atoms with E-state index in [0.29, 0.717) is 18.8 Å². The number of benzene rings is 2. The van der Waals surface area contributed by atoms with E-state index < -0.39 is 22.0 Å². The smallest absolute Gasteiger partial charge is 0.252 e. The molecule has 0 aliphatic carbocycles. The third-order valence-corrected chi connectivity index (χ3v) is 7.65. The number of halogens is 1. The van der Waals surface area contributed by atoms with Crippen LogP contribution in [-0.4, -0.2) is 36.7 Å². The molecule has 1 saturated heterocycles. The number of carbonyl (C=O) groups is 1. The molecular weight excluding hydrogens is 434 g/mol. The van der Waals surface area contributed by atoms with Gasteiger partial charge in [0.1, 0.15) is 4.90 Å². The predicted octanol–water partition coefficient (Wildman–Crippen LogP) is 4.04. The van der Waals surface area contributed by atoms with Crippen LogP contribution >= 0.6 is 11.6 Å². The van der Waals surface area contributed by atoms with Gasteiger partial charge in [-0.25, -0.2) is 8.42 Å². The molecule has 2 heterocycles. The summed E-state index contributed by atoms with van der Waals surface area (Å²) in [6.45, 7) is 0.926. The summed E-state index contributed by atoms with van der Waals surface area (Å²) >= 11 is 6.21. The minimum absolute atomic E-state index is 0.0437. The normalized spacial score (nSPS) is 15.5. The zero-order valence-corrected chi connectivity index (χ0v) is 18.3. The monoisotopic (exact) mass is 455 g/mol. The quantitative estimate of drug-likeness (QED) is 0.608. The van der Waals surface area contributed by atoms with Gasteiger partial charge in [-0.3, -0.25) is 9.78 Å². The van der Waals surface area contributed by atoms with E-state index in [4.69, 9.17) is 11.6 Å². The first-order valence-corrected chi connectivity index (χ1v) is 11.8. The van der Waals surface area contributed by atoms with Gasteiger partial charge in [0.05, 0.1) is 16.8 Å². The summed E-state index contributed by atoms with van der Waals surface area (Å²) in [5.41, 5.74) is 1.77. The molecule has 1 aliphatic heterocycles. The predicted molar refractivity (Wildman–Crippen MR) is 119 cm³/mol. The van der Waals surface area contributed by atoms with E-state index in [2.05, 4.69) is 10.3 Å². The lowest BCUT2D eigenvalue weighted by atomic mass is 10.0. The van der Waals surface area contributed by atoms with Gasteiger partial charge in [-0.2, -0.15) is 4.31 Å². The van der Waals surface area contributed by atoms with Crippen LogP contribution in [0, 0.1) is 0 Å². The van der Waals surface area contributed by atoms with Gasteiger partial charge >= 0.3 is 0 Å². The maximum atomic E-state index is 13.1. The molecule has 0 spiro atoms. The van der Waals surface area contributed by atoms with Crippen LogP contribution in [0.3, 0.4) is 0 Å². The van der Waals surface area contributed by atoms with Crippen LogP contribution in [0.2, 0.25) is 5.02 Å². The largest absolute Gasteiger partial charge is 0.340 e. The zero-order valence-electron chi connectivity index (χ0n) is 16.7. The molecule has 0 radical (unpaired) electrons. The number of pyridine rings is 1. The van der Waals surface area contributed by atoms with Gasteiger partial charge < -0.3 is 5.32 Å². The van der Waals surface area contributed by atoms with Crippen molar-refractivity contribution < 1.29 is 13.2 Å². The molecule has 6 nitrogen and oxygen atoms in total. The average molecular weight is 456 g/mol. The standard InChI is InChI=1S/C23H22ClN3O3S/c24-19-12-11-18(16-21(19)31(29,30)27-14-6-7-15-27)23(28)26-22(17-8-2-1-3-9-17)20-10-4-5-13-25-20/h1-5,8-13,16,22H,6-7,14-15H2,(H,26,28). The Kier molecular flexibility index (Phi) is 6.36. The molecule has 0 saturated carbocycles. The fraction of sp³-hybridized carbons (Fsp3) is 0.217. The second-order valence-electron chi connectivity index (χ2n) is 7.33. The average Bonchev–Trinajstić information content (AvgIpc) is 3.35. The van der Waals surface area contributed by atoms with Gasteiger partial charge in [0.25, 0.3) is 5.91 Å². The first kappa shape index (κ1) is 21.5. The summed E-state index contributed by atoms with van der Waals surface area (Å²) in [4.78, 5) is 17.5.